The maximum absolute atomic E-state index is 10.0. The Morgan fingerprint density at radius 2 is 2.00 bits per heavy atom. The van der Waals surface area contributed by atoms with Gasteiger partial charge < -0.3 is 12.7 Å². The number of rotatable bonds is 3. The first kappa shape index (κ1) is 11.7. The van der Waals surface area contributed by atoms with Crippen molar-refractivity contribution in [3.63, 3.8) is 0 Å². The van der Waals surface area contributed by atoms with E-state index in [9.17, 15) is 4.79 Å². The van der Waals surface area contributed by atoms with Crippen molar-refractivity contribution >= 4 is 43.7 Å². The van der Waals surface area contributed by atoms with Crippen LogP contribution >= 0.6 is 0 Å². The predicted molar refractivity (Wildman–Crippen MR) is 47.6 cm³/mol. The van der Waals surface area contributed by atoms with Crippen molar-refractivity contribution in [2.75, 3.05) is 6.61 Å². The van der Waals surface area contributed by atoms with E-state index in [2.05, 4.69) is 0 Å². The van der Waals surface area contributed by atoms with Crippen molar-refractivity contribution < 1.29 is 17.5 Å². The number of aliphatic carboxylic acids is 1. The molecule has 0 atom stereocenters. The monoisotopic (exact) mass is 194 g/mol. The van der Waals surface area contributed by atoms with Gasteiger partial charge in [0.25, 0.3) is 0 Å². The van der Waals surface area contributed by atoms with Gasteiger partial charge in [-0.25, -0.2) is 4.79 Å². The van der Waals surface area contributed by atoms with Crippen molar-refractivity contribution in [2.24, 2.45) is 0 Å². The number of benzene rings is 1. The van der Waals surface area contributed by atoms with Gasteiger partial charge in [-0.15, -0.1) is 0 Å². The second-order valence-electron chi connectivity index (χ2n) is 2.00. The van der Waals surface area contributed by atoms with Crippen LogP contribution in [0.5, 0.6) is 5.75 Å². The maximum atomic E-state index is 10.0. The van der Waals surface area contributed by atoms with Crippen LogP contribution in [-0.4, -0.2) is 55.4 Å². The fourth-order valence-electron chi connectivity index (χ4n) is 0.662. The second kappa shape index (κ2) is 6.29. The summed E-state index contributed by atoms with van der Waals surface area (Å²) in [7, 11) is 0. The molecule has 4 heteroatoms. The van der Waals surface area contributed by atoms with Crippen molar-refractivity contribution in [1.29, 1.82) is 0 Å². The molecule has 1 rings (SSSR count). The molecule has 1 N–H and O–H groups in total. The fraction of sp³-hybridized carbons (Fsp3) is 0.125. The van der Waals surface area contributed by atoms with Crippen LogP contribution in [0.1, 0.15) is 2.85 Å². The predicted octanol–water partition coefficient (Wildman–Crippen LogP) is 0.994. The maximum Gasteiger partial charge on any atom is 2.00 e. The number of carboxylic acids is 1. The Kier molecular flexibility index (Phi) is 6.16. The quantitative estimate of drug-likeness (QED) is 0.730. The zero-order valence-corrected chi connectivity index (χ0v) is 8.77. The molecule has 0 fully saturated rings. The Balaban J connectivity index is -0.000000403. The Labute approximate surface area is 103 Å². The molecule has 0 saturated heterocycles. The molecule has 0 bridgehead atoms. The van der Waals surface area contributed by atoms with Crippen LogP contribution in [0.3, 0.4) is 0 Å². The molecule has 0 spiro atoms. The molecule has 1 aromatic carbocycles. The summed E-state index contributed by atoms with van der Waals surface area (Å²) in [6, 6.07) is 8.84. The molecule has 0 aliphatic heterocycles. The van der Waals surface area contributed by atoms with Crippen LogP contribution in [0.4, 0.5) is 0 Å². The molecular formula is C8H10CaO3. The van der Waals surface area contributed by atoms with E-state index in [1.54, 1.807) is 24.3 Å². The van der Waals surface area contributed by atoms with E-state index < -0.39 is 5.97 Å². The average molecular weight is 194 g/mol. The Morgan fingerprint density at radius 3 is 2.50 bits per heavy atom. The molecule has 0 aliphatic carbocycles. The summed E-state index contributed by atoms with van der Waals surface area (Å²) in [6.07, 6.45) is 0. The SMILES string of the molecule is O=C(O)COc1ccccc1.[Ca+2].[H-].[H-]. The number of ether oxygens (including phenoxy) is 1. The van der Waals surface area contributed by atoms with E-state index in [0.29, 0.717) is 5.75 Å². The molecule has 12 heavy (non-hydrogen) atoms. The van der Waals surface area contributed by atoms with E-state index in [1.807, 2.05) is 6.07 Å². The number of carbonyl (C=O) groups is 1. The van der Waals surface area contributed by atoms with E-state index in [-0.39, 0.29) is 47.2 Å². The second-order valence-corrected chi connectivity index (χ2v) is 2.00. The van der Waals surface area contributed by atoms with Crippen LogP contribution in [0.2, 0.25) is 0 Å². The summed E-state index contributed by atoms with van der Waals surface area (Å²) in [4.78, 5) is 10.0. The standard InChI is InChI=1S/C8H8O3.Ca.2H/c9-8(10)6-11-7-4-2-1-3-5-7;;;/h1-5H,6H2,(H,9,10);;;/q;+2;2*-1. The van der Waals surface area contributed by atoms with Crippen LogP contribution in [0, 0.1) is 0 Å². The molecule has 0 unspecified atom stereocenters. The largest absolute Gasteiger partial charge is 2.00 e. The van der Waals surface area contributed by atoms with E-state index in [0.717, 1.165) is 0 Å². The Morgan fingerprint density at radius 1 is 1.42 bits per heavy atom. The molecule has 0 radical (unpaired) electrons. The van der Waals surface area contributed by atoms with Crippen LogP contribution < -0.4 is 4.74 Å². The summed E-state index contributed by atoms with van der Waals surface area (Å²) in [5.74, 6) is -0.385. The minimum atomic E-state index is -0.964. The van der Waals surface area contributed by atoms with Crippen molar-refractivity contribution in [3.05, 3.63) is 30.3 Å². The molecule has 1 aromatic rings. The van der Waals surface area contributed by atoms with Gasteiger partial charge in [-0.2, -0.15) is 0 Å². The molecule has 0 aromatic heterocycles. The van der Waals surface area contributed by atoms with Gasteiger partial charge in [-0.3, -0.25) is 0 Å². The number of para-hydroxylation sites is 1. The van der Waals surface area contributed by atoms with Crippen LogP contribution in [0.25, 0.3) is 0 Å². The van der Waals surface area contributed by atoms with Crippen LogP contribution in [0.15, 0.2) is 30.3 Å². The van der Waals surface area contributed by atoms with Gasteiger partial charge in [0.1, 0.15) is 5.75 Å². The van der Waals surface area contributed by atoms with Gasteiger partial charge in [0, 0.05) is 0 Å². The smallest absolute Gasteiger partial charge is 1.00 e. The number of hydrogen-bond donors (Lipinski definition) is 1. The van der Waals surface area contributed by atoms with E-state index in [4.69, 9.17) is 9.84 Å². The van der Waals surface area contributed by atoms with Crippen molar-refractivity contribution in [3.8, 4) is 5.75 Å². The van der Waals surface area contributed by atoms with Crippen LogP contribution in [-0.2, 0) is 4.79 Å². The third-order valence-corrected chi connectivity index (χ3v) is 1.11. The third kappa shape index (κ3) is 4.59. The summed E-state index contributed by atoms with van der Waals surface area (Å²) in [5, 5.41) is 8.25. The topological polar surface area (TPSA) is 46.5 Å². The molecule has 0 saturated carbocycles. The summed E-state index contributed by atoms with van der Waals surface area (Å²) >= 11 is 0. The summed E-state index contributed by atoms with van der Waals surface area (Å²) < 4.78 is 4.87. The Hall–Kier alpha value is -0.250. The first-order valence-corrected chi connectivity index (χ1v) is 3.18. The number of hydrogen-bond acceptors (Lipinski definition) is 2. The zero-order chi connectivity index (χ0) is 8.10. The first-order valence-electron chi connectivity index (χ1n) is 3.18. The van der Waals surface area contributed by atoms with Gasteiger partial charge in [0.05, 0.1) is 0 Å². The normalized spacial score (nSPS) is 8.33. The minimum absolute atomic E-state index is 0. The van der Waals surface area contributed by atoms with Gasteiger partial charge >= 0.3 is 43.7 Å². The first-order chi connectivity index (χ1) is 5.29. The van der Waals surface area contributed by atoms with Gasteiger partial charge in [-0.05, 0) is 12.1 Å². The summed E-state index contributed by atoms with van der Waals surface area (Å²) in [5.41, 5.74) is 0. The molecular weight excluding hydrogens is 184 g/mol. The van der Waals surface area contributed by atoms with Gasteiger partial charge in [0.2, 0.25) is 0 Å². The van der Waals surface area contributed by atoms with E-state index in [1.165, 1.54) is 0 Å². The molecule has 0 heterocycles. The Bertz CT molecular complexity index is 244. The van der Waals surface area contributed by atoms with Gasteiger partial charge in [-0.1, -0.05) is 18.2 Å². The fourth-order valence-corrected chi connectivity index (χ4v) is 0.662. The van der Waals surface area contributed by atoms with Gasteiger partial charge in [0.15, 0.2) is 6.61 Å². The third-order valence-electron chi connectivity index (χ3n) is 1.11. The number of carboxylic acid groups (broad SMARTS) is 1. The molecule has 62 valence electrons. The van der Waals surface area contributed by atoms with Crippen molar-refractivity contribution in [1.82, 2.24) is 0 Å². The average Bonchev–Trinajstić information content (AvgIpc) is 2.03. The zero-order valence-electron chi connectivity index (χ0n) is 8.56. The van der Waals surface area contributed by atoms with E-state index >= 15 is 0 Å². The molecule has 0 amide bonds. The minimum Gasteiger partial charge on any atom is -1.00 e. The molecule has 3 nitrogen and oxygen atoms in total. The summed E-state index contributed by atoms with van der Waals surface area (Å²) in [6.45, 7) is -0.288. The molecule has 0 aliphatic rings. The van der Waals surface area contributed by atoms with Crippen molar-refractivity contribution in [2.45, 2.75) is 0 Å².